The van der Waals surface area contributed by atoms with Crippen molar-refractivity contribution in [3.05, 3.63) is 24.2 Å². The molecule has 100 valence electrons. The normalized spacial score (nSPS) is 19.8. The third-order valence-corrected chi connectivity index (χ3v) is 3.53. The number of hydrogen-bond acceptors (Lipinski definition) is 6. The molecular formula is C13H17N5O. The second-order valence-electron chi connectivity index (χ2n) is 4.78. The molecule has 0 aromatic carbocycles. The molecule has 19 heavy (non-hydrogen) atoms. The second kappa shape index (κ2) is 4.97. The SMILES string of the molecule is CNc1ccc(-c2noc([C@@H]3CCCN3C)n2)cn1. The minimum atomic E-state index is 0.255. The predicted octanol–water partition coefficient (Wildman–Crippen LogP) is 1.94. The number of anilines is 1. The summed E-state index contributed by atoms with van der Waals surface area (Å²) in [5.74, 6) is 2.13. The Hall–Kier alpha value is -1.95. The van der Waals surface area contributed by atoms with Gasteiger partial charge >= 0.3 is 0 Å². The molecule has 1 aliphatic heterocycles. The van der Waals surface area contributed by atoms with E-state index in [4.69, 9.17) is 4.52 Å². The van der Waals surface area contributed by atoms with E-state index in [1.165, 1.54) is 6.42 Å². The highest BCUT2D eigenvalue weighted by atomic mass is 16.5. The van der Waals surface area contributed by atoms with E-state index in [2.05, 4.69) is 32.4 Å². The van der Waals surface area contributed by atoms with Gasteiger partial charge in [0.1, 0.15) is 5.82 Å². The molecule has 3 heterocycles. The van der Waals surface area contributed by atoms with E-state index in [1.807, 2.05) is 19.2 Å². The fourth-order valence-electron chi connectivity index (χ4n) is 2.38. The van der Waals surface area contributed by atoms with Crippen LogP contribution in [0.2, 0.25) is 0 Å². The lowest BCUT2D eigenvalue weighted by molar-refractivity contribution is 0.245. The molecule has 1 saturated heterocycles. The van der Waals surface area contributed by atoms with Crippen LogP contribution in [0.5, 0.6) is 0 Å². The minimum Gasteiger partial charge on any atom is -0.373 e. The van der Waals surface area contributed by atoms with E-state index in [-0.39, 0.29) is 6.04 Å². The van der Waals surface area contributed by atoms with Gasteiger partial charge in [0.2, 0.25) is 11.7 Å². The predicted molar refractivity (Wildman–Crippen MR) is 71.7 cm³/mol. The van der Waals surface area contributed by atoms with Crippen molar-refractivity contribution in [1.29, 1.82) is 0 Å². The summed E-state index contributed by atoms with van der Waals surface area (Å²) >= 11 is 0. The topological polar surface area (TPSA) is 67.1 Å². The molecule has 0 spiro atoms. The van der Waals surface area contributed by atoms with Crippen molar-refractivity contribution in [2.24, 2.45) is 0 Å². The van der Waals surface area contributed by atoms with Gasteiger partial charge in [0.25, 0.3) is 0 Å². The lowest BCUT2D eigenvalue weighted by Gasteiger charge is -2.14. The standard InChI is InChI=1S/C13H17N5O/c1-14-11-6-5-9(8-15-11)12-16-13(19-17-12)10-4-3-7-18(10)2/h5-6,8,10H,3-4,7H2,1-2H3,(H,14,15)/t10-/m0/s1. The molecule has 0 amide bonds. The molecule has 2 aromatic rings. The summed E-state index contributed by atoms with van der Waals surface area (Å²) in [5.41, 5.74) is 0.870. The van der Waals surface area contributed by atoms with Crippen molar-refractivity contribution in [3.63, 3.8) is 0 Å². The van der Waals surface area contributed by atoms with Gasteiger partial charge in [0.15, 0.2) is 0 Å². The number of aromatic nitrogens is 3. The second-order valence-corrected chi connectivity index (χ2v) is 4.78. The fraction of sp³-hybridized carbons (Fsp3) is 0.462. The van der Waals surface area contributed by atoms with Crippen LogP contribution in [0.3, 0.4) is 0 Å². The largest absolute Gasteiger partial charge is 0.373 e. The van der Waals surface area contributed by atoms with Crippen molar-refractivity contribution in [2.45, 2.75) is 18.9 Å². The van der Waals surface area contributed by atoms with Crippen molar-refractivity contribution < 1.29 is 4.52 Å². The molecule has 6 nitrogen and oxygen atoms in total. The van der Waals surface area contributed by atoms with Crippen LogP contribution in [0.4, 0.5) is 5.82 Å². The molecule has 0 saturated carbocycles. The molecular weight excluding hydrogens is 242 g/mol. The highest BCUT2D eigenvalue weighted by molar-refractivity contribution is 5.55. The zero-order chi connectivity index (χ0) is 13.2. The summed E-state index contributed by atoms with van der Waals surface area (Å²) in [4.78, 5) is 11.0. The third kappa shape index (κ3) is 2.31. The highest BCUT2D eigenvalue weighted by Gasteiger charge is 2.27. The molecule has 0 aliphatic carbocycles. The van der Waals surface area contributed by atoms with Crippen LogP contribution in [-0.2, 0) is 0 Å². The Kier molecular flexibility index (Phi) is 3.16. The first-order valence-corrected chi connectivity index (χ1v) is 6.46. The summed E-state index contributed by atoms with van der Waals surface area (Å²) in [6, 6.07) is 4.09. The first-order chi connectivity index (χ1) is 9.28. The summed E-state index contributed by atoms with van der Waals surface area (Å²) in [6.07, 6.45) is 4.01. The number of rotatable bonds is 3. The van der Waals surface area contributed by atoms with Gasteiger partial charge in [-0.1, -0.05) is 5.16 Å². The van der Waals surface area contributed by atoms with Gasteiger partial charge in [-0.25, -0.2) is 4.98 Å². The zero-order valence-electron chi connectivity index (χ0n) is 11.1. The van der Waals surface area contributed by atoms with Crippen LogP contribution in [-0.4, -0.2) is 40.7 Å². The van der Waals surface area contributed by atoms with Gasteiger partial charge < -0.3 is 9.84 Å². The maximum Gasteiger partial charge on any atom is 0.244 e. The fourth-order valence-corrected chi connectivity index (χ4v) is 2.38. The highest BCUT2D eigenvalue weighted by Crippen LogP contribution is 2.30. The molecule has 0 radical (unpaired) electrons. The van der Waals surface area contributed by atoms with Gasteiger partial charge in [0, 0.05) is 18.8 Å². The number of nitrogens with zero attached hydrogens (tertiary/aromatic N) is 4. The Morgan fingerprint density at radius 2 is 2.32 bits per heavy atom. The molecule has 0 bridgehead atoms. The Morgan fingerprint density at radius 3 is 2.95 bits per heavy atom. The number of likely N-dealkylation sites (tertiary alicyclic amines) is 1. The van der Waals surface area contributed by atoms with Crippen molar-refractivity contribution in [1.82, 2.24) is 20.0 Å². The third-order valence-electron chi connectivity index (χ3n) is 3.53. The number of pyridine rings is 1. The Balaban J connectivity index is 1.83. The summed E-state index contributed by atoms with van der Waals surface area (Å²) in [7, 11) is 3.93. The quantitative estimate of drug-likeness (QED) is 0.908. The van der Waals surface area contributed by atoms with E-state index >= 15 is 0 Å². The average Bonchev–Trinajstić information content (AvgIpc) is 3.07. The van der Waals surface area contributed by atoms with Crippen molar-refractivity contribution in [3.8, 4) is 11.4 Å². The van der Waals surface area contributed by atoms with E-state index in [1.54, 1.807) is 6.20 Å². The van der Waals surface area contributed by atoms with E-state index < -0.39 is 0 Å². The van der Waals surface area contributed by atoms with E-state index in [0.717, 1.165) is 24.3 Å². The maximum absolute atomic E-state index is 5.38. The van der Waals surface area contributed by atoms with Crippen molar-refractivity contribution >= 4 is 5.82 Å². The first-order valence-electron chi connectivity index (χ1n) is 6.46. The minimum absolute atomic E-state index is 0.255. The number of hydrogen-bond donors (Lipinski definition) is 1. The molecule has 1 atom stereocenters. The molecule has 0 unspecified atom stereocenters. The van der Waals surface area contributed by atoms with E-state index in [9.17, 15) is 0 Å². The molecule has 1 N–H and O–H groups in total. The van der Waals surface area contributed by atoms with E-state index in [0.29, 0.717) is 11.7 Å². The van der Waals surface area contributed by atoms with Gasteiger partial charge in [-0.2, -0.15) is 4.98 Å². The average molecular weight is 259 g/mol. The molecule has 3 rings (SSSR count). The molecule has 1 aliphatic rings. The van der Waals surface area contributed by atoms with Gasteiger partial charge in [0.05, 0.1) is 6.04 Å². The lowest BCUT2D eigenvalue weighted by Crippen LogP contribution is -2.17. The Labute approximate surface area is 111 Å². The van der Waals surface area contributed by atoms with Gasteiger partial charge in [-0.3, -0.25) is 4.90 Å². The maximum atomic E-state index is 5.38. The molecule has 6 heteroatoms. The monoisotopic (exact) mass is 259 g/mol. The lowest BCUT2D eigenvalue weighted by atomic mass is 10.2. The van der Waals surface area contributed by atoms with Crippen LogP contribution in [0, 0.1) is 0 Å². The zero-order valence-corrected chi connectivity index (χ0v) is 11.1. The number of nitrogens with one attached hydrogen (secondary N) is 1. The summed E-state index contributed by atoms with van der Waals surface area (Å²) < 4.78 is 5.38. The van der Waals surface area contributed by atoms with Crippen LogP contribution < -0.4 is 5.32 Å². The first kappa shape index (κ1) is 12.1. The van der Waals surface area contributed by atoms with Crippen LogP contribution in [0.15, 0.2) is 22.9 Å². The van der Waals surface area contributed by atoms with Gasteiger partial charge in [-0.05, 0) is 38.6 Å². The van der Waals surface area contributed by atoms with Crippen LogP contribution >= 0.6 is 0 Å². The van der Waals surface area contributed by atoms with Crippen LogP contribution in [0.25, 0.3) is 11.4 Å². The molecule has 2 aromatic heterocycles. The van der Waals surface area contributed by atoms with Crippen molar-refractivity contribution in [2.75, 3.05) is 26.0 Å². The molecule has 1 fully saturated rings. The van der Waals surface area contributed by atoms with Crippen LogP contribution in [0.1, 0.15) is 24.8 Å². The summed E-state index contributed by atoms with van der Waals surface area (Å²) in [6.45, 7) is 1.08. The smallest absolute Gasteiger partial charge is 0.244 e. The summed E-state index contributed by atoms with van der Waals surface area (Å²) in [5, 5.41) is 7.03. The van der Waals surface area contributed by atoms with Gasteiger partial charge in [-0.15, -0.1) is 0 Å². The Bertz CT molecular complexity index is 550. The Morgan fingerprint density at radius 1 is 1.42 bits per heavy atom.